The highest BCUT2D eigenvalue weighted by Gasteiger charge is 2.48. The van der Waals surface area contributed by atoms with E-state index in [0.717, 1.165) is 11.1 Å². The first-order valence-electron chi connectivity index (χ1n) is 9.57. The monoisotopic (exact) mass is 357 g/mol. The van der Waals surface area contributed by atoms with Crippen LogP contribution in [0.4, 0.5) is 0 Å². The van der Waals surface area contributed by atoms with Crippen molar-refractivity contribution in [3.63, 3.8) is 0 Å². The van der Waals surface area contributed by atoms with Crippen LogP contribution in [0, 0.1) is 11.3 Å². The third-order valence-corrected chi connectivity index (χ3v) is 5.90. The Morgan fingerprint density at radius 1 is 0.536 bits per heavy atom. The summed E-state index contributed by atoms with van der Waals surface area (Å²) in [5.74, 6) is -0.0605. The molecule has 0 fully saturated rings. The van der Waals surface area contributed by atoms with E-state index in [9.17, 15) is 5.26 Å². The third-order valence-electron chi connectivity index (χ3n) is 5.90. The second kappa shape index (κ2) is 6.51. The van der Waals surface area contributed by atoms with Crippen LogP contribution in [0.3, 0.4) is 0 Å². The zero-order valence-electron chi connectivity index (χ0n) is 15.4. The summed E-state index contributed by atoms with van der Waals surface area (Å²) in [6, 6.07) is 40.2. The predicted octanol–water partition coefficient (Wildman–Crippen LogP) is 6.31. The lowest BCUT2D eigenvalue weighted by Crippen LogP contribution is -2.33. The Bertz CT molecular complexity index is 1080. The van der Waals surface area contributed by atoms with E-state index in [4.69, 9.17) is 0 Å². The minimum absolute atomic E-state index is 0.0605. The molecular weight excluding hydrogens is 338 g/mol. The molecule has 28 heavy (non-hydrogen) atoms. The highest BCUT2D eigenvalue weighted by Crippen LogP contribution is 2.55. The highest BCUT2D eigenvalue weighted by atomic mass is 14.5. The quantitative estimate of drug-likeness (QED) is 0.421. The Hall–Kier alpha value is -3.63. The third kappa shape index (κ3) is 2.25. The van der Waals surface area contributed by atoms with E-state index < -0.39 is 5.41 Å². The maximum absolute atomic E-state index is 10.7. The average Bonchev–Trinajstić information content (AvgIpc) is 3.12. The van der Waals surface area contributed by atoms with Gasteiger partial charge in [0.1, 0.15) is 5.41 Å². The first-order valence-corrected chi connectivity index (χ1v) is 9.57. The number of fused-ring (bicyclic) bond motifs is 3. The van der Waals surface area contributed by atoms with Gasteiger partial charge < -0.3 is 0 Å². The van der Waals surface area contributed by atoms with Crippen molar-refractivity contribution in [3.8, 4) is 17.2 Å². The molecule has 0 heterocycles. The average molecular weight is 357 g/mol. The van der Waals surface area contributed by atoms with Crippen LogP contribution in [0.25, 0.3) is 11.1 Å². The Morgan fingerprint density at radius 2 is 0.929 bits per heavy atom. The molecule has 0 aromatic heterocycles. The lowest BCUT2D eigenvalue weighted by Gasteiger charge is -2.35. The molecule has 132 valence electrons. The summed E-state index contributed by atoms with van der Waals surface area (Å²) in [5, 5.41) is 10.7. The summed E-state index contributed by atoms with van der Waals surface area (Å²) < 4.78 is 0. The first kappa shape index (κ1) is 16.5. The molecule has 0 atom stereocenters. The Kier molecular flexibility index (Phi) is 3.85. The van der Waals surface area contributed by atoms with Crippen LogP contribution in [-0.2, 0) is 5.41 Å². The summed E-state index contributed by atoms with van der Waals surface area (Å²) in [7, 11) is 0. The van der Waals surface area contributed by atoms with Crippen LogP contribution < -0.4 is 0 Å². The first-order chi connectivity index (χ1) is 13.9. The maximum atomic E-state index is 10.7. The SMILES string of the molecule is N#CC(c1ccccc1)(c1ccccc1)C1c2ccccc2-c2ccccc21. The zero-order valence-corrected chi connectivity index (χ0v) is 15.4. The minimum atomic E-state index is -0.800. The lowest BCUT2D eigenvalue weighted by molar-refractivity contribution is 0.579. The van der Waals surface area contributed by atoms with Crippen molar-refractivity contribution < 1.29 is 0 Å². The Morgan fingerprint density at radius 3 is 1.36 bits per heavy atom. The molecule has 0 saturated heterocycles. The Balaban J connectivity index is 1.89. The summed E-state index contributed by atoms with van der Waals surface area (Å²) in [6.45, 7) is 0. The van der Waals surface area contributed by atoms with Gasteiger partial charge in [0.05, 0.1) is 6.07 Å². The molecule has 1 heteroatoms. The van der Waals surface area contributed by atoms with E-state index in [1.807, 2.05) is 36.4 Å². The lowest BCUT2D eigenvalue weighted by atomic mass is 9.63. The second-order valence-corrected chi connectivity index (χ2v) is 7.26. The molecule has 1 aliphatic carbocycles. The standard InChI is InChI=1S/C27H19N/c28-19-27(20-11-3-1-4-12-20,21-13-5-2-6-14-21)26-24-17-9-7-15-22(24)23-16-8-10-18-25(23)26/h1-18,26H. The number of benzene rings is 4. The number of nitrogens with zero attached hydrogens (tertiary/aromatic N) is 1. The van der Waals surface area contributed by atoms with E-state index in [1.165, 1.54) is 22.3 Å². The van der Waals surface area contributed by atoms with Gasteiger partial charge in [0, 0.05) is 5.92 Å². The van der Waals surface area contributed by atoms with Crippen molar-refractivity contribution in [1.29, 1.82) is 5.26 Å². The molecule has 0 radical (unpaired) electrons. The van der Waals surface area contributed by atoms with Gasteiger partial charge in [0.25, 0.3) is 0 Å². The highest BCUT2D eigenvalue weighted by molar-refractivity contribution is 5.81. The van der Waals surface area contributed by atoms with Gasteiger partial charge in [0.15, 0.2) is 0 Å². The van der Waals surface area contributed by atoms with Gasteiger partial charge >= 0.3 is 0 Å². The predicted molar refractivity (Wildman–Crippen MR) is 113 cm³/mol. The fourth-order valence-electron chi connectivity index (χ4n) is 4.72. The van der Waals surface area contributed by atoms with Crippen LogP contribution >= 0.6 is 0 Å². The van der Waals surface area contributed by atoms with E-state index in [2.05, 4.69) is 78.9 Å². The molecule has 0 saturated carbocycles. The minimum Gasteiger partial charge on any atom is -0.197 e. The van der Waals surface area contributed by atoms with E-state index >= 15 is 0 Å². The molecule has 0 unspecified atom stereocenters. The summed E-state index contributed by atoms with van der Waals surface area (Å²) in [5.41, 5.74) is 6.16. The zero-order chi connectivity index (χ0) is 19.0. The van der Waals surface area contributed by atoms with Crippen LogP contribution in [0.1, 0.15) is 28.2 Å². The fraction of sp³-hybridized carbons (Fsp3) is 0.0741. The number of hydrogen-bond donors (Lipinski definition) is 0. The van der Waals surface area contributed by atoms with Crippen LogP contribution in [-0.4, -0.2) is 0 Å². The molecule has 0 aliphatic heterocycles. The van der Waals surface area contributed by atoms with Crippen molar-refractivity contribution >= 4 is 0 Å². The normalized spacial score (nSPS) is 12.8. The van der Waals surface area contributed by atoms with Gasteiger partial charge in [0.2, 0.25) is 0 Å². The summed E-state index contributed by atoms with van der Waals surface area (Å²) in [4.78, 5) is 0. The fourth-order valence-corrected chi connectivity index (χ4v) is 4.72. The largest absolute Gasteiger partial charge is 0.197 e. The van der Waals surface area contributed by atoms with Crippen LogP contribution in [0.15, 0.2) is 109 Å². The van der Waals surface area contributed by atoms with Crippen LogP contribution in [0.5, 0.6) is 0 Å². The maximum Gasteiger partial charge on any atom is 0.118 e. The second-order valence-electron chi connectivity index (χ2n) is 7.26. The van der Waals surface area contributed by atoms with E-state index in [-0.39, 0.29) is 5.92 Å². The summed E-state index contributed by atoms with van der Waals surface area (Å²) >= 11 is 0. The van der Waals surface area contributed by atoms with Crippen molar-refractivity contribution in [1.82, 2.24) is 0 Å². The molecule has 1 nitrogen and oxygen atoms in total. The van der Waals surface area contributed by atoms with E-state index in [0.29, 0.717) is 0 Å². The summed E-state index contributed by atoms with van der Waals surface area (Å²) in [6.07, 6.45) is 0. The van der Waals surface area contributed by atoms with Crippen molar-refractivity contribution in [2.45, 2.75) is 11.3 Å². The van der Waals surface area contributed by atoms with Crippen molar-refractivity contribution in [3.05, 3.63) is 131 Å². The molecule has 0 N–H and O–H groups in total. The van der Waals surface area contributed by atoms with Gasteiger partial charge in [-0.3, -0.25) is 0 Å². The molecule has 5 rings (SSSR count). The number of nitriles is 1. The molecule has 4 aromatic carbocycles. The van der Waals surface area contributed by atoms with E-state index in [1.54, 1.807) is 0 Å². The number of rotatable bonds is 3. The van der Waals surface area contributed by atoms with Gasteiger partial charge in [-0.1, -0.05) is 109 Å². The molecule has 1 aliphatic rings. The number of hydrogen-bond acceptors (Lipinski definition) is 1. The van der Waals surface area contributed by atoms with Crippen LogP contribution in [0.2, 0.25) is 0 Å². The van der Waals surface area contributed by atoms with Crippen molar-refractivity contribution in [2.24, 2.45) is 0 Å². The Labute approximate surface area is 165 Å². The molecule has 0 spiro atoms. The molecule has 4 aromatic rings. The smallest absolute Gasteiger partial charge is 0.118 e. The van der Waals surface area contributed by atoms with Gasteiger partial charge in [-0.15, -0.1) is 0 Å². The van der Waals surface area contributed by atoms with Crippen molar-refractivity contribution in [2.75, 3.05) is 0 Å². The molecule has 0 bridgehead atoms. The van der Waals surface area contributed by atoms with Gasteiger partial charge in [-0.05, 0) is 33.4 Å². The topological polar surface area (TPSA) is 23.8 Å². The molecule has 0 amide bonds. The van der Waals surface area contributed by atoms with Gasteiger partial charge in [-0.2, -0.15) is 5.26 Å². The molecular formula is C27H19N. The van der Waals surface area contributed by atoms with Gasteiger partial charge in [-0.25, -0.2) is 0 Å².